The van der Waals surface area contributed by atoms with Crippen LogP contribution in [0.4, 0.5) is 4.39 Å². The standard InChI is InChI=1S/C36H47FN5O4P/c1-7-23(3)19-24(4)25(5)45-31-21-32(46-27-14-18-42(33(43)8-2)26(20-27)13-17-38)41-30(40-31)22-39-35(44-6)36(15-10-16-36)34-28(37)11-9-12-29(34)47/h8-9,11-12,21,23,25-27H,2,4,7,10,13-16,18-20,22,47H2,1,3,5-6H3/t23-,25-,26+,27-/m0/s1. The number of amides is 1. The lowest BCUT2D eigenvalue weighted by Crippen LogP contribution is -2.48. The Morgan fingerprint density at radius 1 is 1.32 bits per heavy atom. The zero-order chi connectivity index (χ0) is 34.1. The SMILES string of the molecule is C=CC(=O)N1CC[C@H](Oc2cc(O[C@@H](C)C(=C)C[C@@H](C)CC)nc(CN=C(OC)C3(c4c(F)cccc4P)CCC3)n2)C[C@H]1CC#N. The Bertz CT molecular complexity index is 1500. The third kappa shape index (κ3) is 8.56. The number of methoxy groups -OCH3 is 1. The Balaban J connectivity index is 1.63. The minimum atomic E-state index is -0.667. The number of carbonyl (C=O) groups excluding carboxylic acids is 1. The van der Waals surface area contributed by atoms with E-state index in [1.165, 1.54) is 12.1 Å². The van der Waals surface area contributed by atoms with Crippen molar-refractivity contribution >= 4 is 26.3 Å². The van der Waals surface area contributed by atoms with Gasteiger partial charge < -0.3 is 19.1 Å². The maximum absolute atomic E-state index is 15.2. The predicted octanol–water partition coefficient (Wildman–Crippen LogP) is 6.38. The molecule has 5 atom stereocenters. The highest BCUT2D eigenvalue weighted by Gasteiger charge is 2.47. The van der Waals surface area contributed by atoms with Crippen LogP contribution in [0.5, 0.6) is 11.8 Å². The normalized spacial score (nSPS) is 20.3. The fraction of sp³-hybridized carbons (Fsp3) is 0.528. The maximum Gasteiger partial charge on any atom is 0.246 e. The Kier molecular flexibility index (Phi) is 12.5. The first-order valence-corrected chi connectivity index (χ1v) is 16.9. The third-order valence-corrected chi connectivity index (χ3v) is 9.82. The Morgan fingerprint density at radius 3 is 2.68 bits per heavy atom. The van der Waals surface area contributed by atoms with Crippen molar-refractivity contribution in [1.29, 1.82) is 5.26 Å². The molecule has 4 rings (SSSR count). The number of benzene rings is 1. The molecule has 1 amide bonds. The van der Waals surface area contributed by atoms with E-state index in [9.17, 15) is 10.1 Å². The first-order chi connectivity index (χ1) is 22.5. The lowest BCUT2D eigenvalue weighted by molar-refractivity contribution is -0.130. The predicted molar refractivity (Wildman–Crippen MR) is 184 cm³/mol. The van der Waals surface area contributed by atoms with Crippen LogP contribution in [-0.2, 0) is 21.5 Å². The molecule has 1 unspecified atom stereocenters. The molecule has 1 aromatic heterocycles. The summed E-state index contributed by atoms with van der Waals surface area (Å²) >= 11 is 0. The average Bonchev–Trinajstić information content (AvgIpc) is 3.02. The average molecular weight is 664 g/mol. The summed E-state index contributed by atoms with van der Waals surface area (Å²) < 4.78 is 33.6. The topological polar surface area (TPSA) is 110 Å². The van der Waals surface area contributed by atoms with Crippen LogP contribution in [0.1, 0.15) is 83.5 Å². The number of carbonyl (C=O) groups is 1. The summed E-state index contributed by atoms with van der Waals surface area (Å²) in [7, 11) is 4.19. The van der Waals surface area contributed by atoms with Gasteiger partial charge in [-0.05, 0) is 55.1 Å². The van der Waals surface area contributed by atoms with Gasteiger partial charge in [0.1, 0.15) is 24.6 Å². The number of hydrogen-bond acceptors (Lipinski definition) is 8. The van der Waals surface area contributed by atoms with Crippen LogP contribution < -0.4 is 14.8 Å². The third-order valence-electron chi connectivity index (χ3n) is 9.34. The van der Waals surface area contributed by atoms with Gasteiger partial charge in [0.15, 0.2) is 11.7 Å². The van der Waals surface area contributed by atoms with Gasteiger partial charge >= 0.3 is 0 Å². The number of likely N-dealkylation sites (tertiary alicyclic amines) is 1. The lowest BCUT2D eigenvalue weighted by atomic mass is 9.64. The van der Waals surface area contributed by atoms with E-state index in [0.717, 1.165) is 30.1 Å². The van der Waals surface area contributed by atoms with Crippen LogP contribution in [0.3, 0.4) is 0 Å². The number of halogens is 1. The fourth-order valence-corrected chi connectivity index (χ4v) is 6.89. The molecule has 1 saturated heterocycles. The molecule has 0 bridgehead atoms. The van der Waals surface area contributed by atoms with Crippen LogP contribution in [0.25, 0.3) is 0 Å². The first kappa shape index (κ1) is 36.0. The monoisotopic (exact) mass is 663 g/mol. The quantitative estimate of drug-likeness (QED) is 0.0759. The van der Waals surface area contributed by atoms with E-state index in [-0.39, 0.29) is 42.9 Å². The van der Waals surface area contributed by atoms with Crippen molar-refractivity contribution in [3.05, 3.63) is 66.3 Å². The minimum Gasteiger partial charge on any atom is -0.484 e. The summed E-state index contributed by atoms with van der Waals surface area (Å²) in [6.45, 7) is 14.6. The second-order valence-electron chi connectivity index (χ2n) is 12.6. The molecule has 0 radical (unpaired) electrons. The highest BCUT2D eigenvalue weighted by Crippen LogP contribution is 2.46. The van der Waals surface area contributed by atoms with Crippen molar-refractivity contribution in [3.63, 3.8) is 0 Å². The van der Waals surface area contributed by atoms with Crippen molar-refractivity contribution < 1.29 is 23.4 Å². The molecule has 2 aliphatic rings. The smallest absolute Gasteiger partial charge is 0.246 e. The van der Waals surface area contributed by atoms with Gasteiger partial charge in [0.25, 0.3) is 0 Å². The molecule has 1 saturated carbocycles. The van der Waals surface area contributed by atoms with Crippen molar-refractivity contribution in [2.24, 2.45) is 10.9 Å². The molecule has 9 nitrogen and oxygen atoms in total. The molecule has 1 aliphatic heterocycles. The number of aromatic nitrogens is 2. The number of ether oxygens (including phenoxy) is 3. The summed E-state index contributed by atoms with van der Waals surface area (Å²) in [5.74, 6) is 1.41. The maximum atomic E-state index is 15.2. The van der Waals surface area contributed by atoms with Crippen molar-refractivity contribution in [2.45, 2.75) is 102 Å². The zero-order valence-electron chi connectivity index (χ0n) is 28.0. The zero-order valence-corrected chi connectivity index (χ0v) is 29.2. The molecule has 2 fully saturated rings. The number of rotatable bonds is 14. The molecule has 1 aliphatic carbocycles. The Morgan fingerprint density at radius 2 is 2.06 bits per heavy atom. The summed E-state index contributed by atoms with van der Waals surface area (Å²) in [6.07, 6.45) is 6.15. The van der Waals surface area contributed by atoms with Gasteiger partial charge in [0, 0.05) is 31.0 Å². The summed E-state index contributed by atoms with van der Waals surface area (Å²) in [5.41, 5.74) is 0.880. The highest BCUT2D eigenvalue weighted by molar-refractivity contribution is 7.27. The van der Waals surface area contributed by atoms with Gasteiger partial charge in [-0.25, -0.2) is 9.38 Å². The Labute approximate surface area is 280 Å². The van der Waals surface area contributed by atoms with Crippen LogP contribution in [0.2, 0.25) is 0 Å². The van der Waals surface area contributed by atoms with E-state index >= 15 is 4.39 Å². The van der Waals surface area contributed by atoms with Crippen LogP contribution in [-0.4, -0.2) is 58.6 Å². The van der Waals surface area contributed by atoms with Gasteiger partial charge in [-0.1, -0.05) is 52.0 Å². The number of aliphatic imine (C=N–C) groups is 1. The molecular weight excluding hydrogens is 616 g/mol. The summed E-state index contributed by atoms with van der Waals surface area (Å²) in [4.78, 5) is 28.2. The molecule has 11 heteroatoms. The molecule has 0 N–H and O–H groups in total. The minimum absolute atomic E-state index is 0.0602. The van der Waals surface area contributed by atoms with Crippen molar-refractivity contribution in [1.82, 2.24) is 14.9 Å². The molecule has 2 aromatic rings. The second-order valence-corrected chi connectivity index (χ2v) is 13.2. The molecule has 252 valence electrons. The van der Waals surface area contributed by atoms with E-state index in [0.29, 0.717) is 67.2 Å². The Hall–Kier alpha value is -3.83. The lowest BCUT2D eigenvalue weighted by Gasteiger charge is -2.42. The number of nitrogens with zero attached hydrogens (tertiary/aromatic N) is 5. The molecule has 47 heavy (non-hydrogen) atoms. The van der Waals surface area contributed by atoms with Crippen LogP contribution in [0, 0.1) is 23.1 Å². The largest absolute Gasteiger partial charge is 0.484 e. The summed E-state index contributed by atoms with van der Waals surface area (Å²) in [6, 6.07) is 8.59. The van der Waals surface area contributed by atoms with Gasteiger partial charge in [-0.3, -0.25) is 4.79 Å². The van der Waals surface area contributed by atoms with Crippen LogP contribution in [0.15, 0.2) is 54.1 Å². The first-order valence-electron chi connectivity index (χ1n) is 16.4. The van der Waals surface area contributed by atoms with Gasteiger partial charge in [0.05, 0.1) is 31.1 Å². The van der Waals surface area contributed by atoms with Gasteiger partial charge in [-0.15, -0.1) is 9.24 Å². The van der Waals surface area contributed by atoms with Crippen LogP contribution >= 0.6 is 9.24 Å². The number of nitriles is 1. The molecular formula is C36H47FN5O4P. The number of piperidine rings is 1. The highest BCUT2D eigenvalue weighted by atomic mass is 31.0. The molecule has 1 aromatic carbocycles. The summed E-state index contributed by atoms with van der Waals surface area (Å²) in [5, 5.41) is 10.2. The van der Waals surface area contributed by atoms with Gasteiger partial charge in [-0.2, -0.15) is 15.2 Å². The second kappa shape index (κ2) is 16.3. The van der Waals surface area contributed by atoms with E-state index in [1.54, 1.807) is 24.1 Å². The van der Waals surface area contributed by atoms with Gasteiger partial charge in [0.2, 0.25) is 17.7 Å². The fourth-order valence-electron chi connectivity index (χ4n) is 6.36. The van der Waals surface area contributed by atoms with Crippen molar-refractivity contribution in [3.8, 4) is 17.8 Å². The molecule has 0 spiro atoms. The van der Waals surface area contributed by atoms with E-state index in [1.807, 2.05) is 13.0 Å². The van der Waals surface area contributed by atoms with Crippen molar-refractivity contribution in [2.75, 3.05) is 13.7 Å². The number of hydrogen-bond donors (Lipinski definition) is 0. The van der Waals surface area contributed by atoms with E-state index < -0.39 is 5.41 Å². The van der Waals surface area contributed by atoms with E-state index in [2.05, 4.69) is 52.3 Å². The molecule has 2 heterocycles. The van der Waals surface area contributed by atoms with E-state index in [4.69, 9.17) is 19.2 Å².